The monoisotopic (exact) mass is 588 g/mol. The van der Waals surface area contributed by atoms with Crippen LogP contribution in [0.1, 0.15) is 44.4 Å². The topological polar surface area (TPSA) is 131 Å². The van der Waals surface area contributed by atoms with Crippen LogP contribution >= 0.6 is 22.9 Å². The maximum absolute atomic E-state index is 15.1. The lowest BCUT2D eigenvalue weighted by Gasteiger charge is -2.19. The van der Waals surface area contributed by atoms with Crippen molar-refractivity contribution in [2.75, 3.05) is 11.1 Å². The van der Waals surface area contributed by atoms with Crippen molar-refractivity contribution in [2.24, 2.45) is 0 Å². The van der Waals surface area contributed by atoms with E-state index in [2.05, 4.69) is 21.4 Å². The molecule has 0 aliphatic carbocycles. The van der Waals surface area contributed by atoms with E-state index >= 15 is 4.39 Å². The van der Waals surface area contributed by atoms with Crippen LogP contribution in [0.25, 0.3) is 32.1 Å². The largest absolute Gasteiger partial charge is 0.444 e. The van der Waals surface area contributed by atoms with Gasteiger partial charge in [0.2, 0.25) is 15.0 Å². The number of benzene rings is 2. The number of carbonyl (C=O) groups is 1. The average Bonchev–Trinajstić information content (AvgIpc) is 3.49. The summed E-state index contributed by atoms with van der Waals surface area (Å²) in [6.07, 6.45) is 0.634. The number of hydrogen-bond acceptors (Lipinski definition) is 9. The lowest BCUT2D eigenvalue weighted by atomic mass is 9.91. The summed E-state index contributed by atoms with van der Waals surface area (Å²) in [7, 11) is -3.73. The van der Waals surface area contributed by atoms with Gasteiger partial charge in [0.25, 0.3) is 0 Å². The molecule has 0 unspecified atom stereocenters. The van der Waals surface area contributed by atoms with E-state index in [1.54, 1.807) is 20.8 Å². The first-order valence-electron chi connectivity index (χ1n) is 11.8. The summed E-state index contributed by atoms with van der Waals surface area (Å²) in [5.41, 5.74) is 1.75. The SMILES string of the molecule is CCS(=O)(=O)c1ncc2c3c(c(-c4ccc(F)c5sc(NC(=O)OC(C)(C)C)c(C#N)c45)c(Cl)c2n1)COC3. The number of thiophene rings is 1. The van der Waals surface area contributed by atoms with Gasteiger partial charge in [0.15, 0.2) is 0 Å². The first-order chi connectivity index (χ1) is 18.4. The molecule has 0 radical (unpaired) electrons. The molecule has 3 heterocycles. The number of anilines is 1. The fourth-order valence-corrected chi connectivity index (χ4v) is 6.56. The van der Waals surface area contributed by atoms with Crippen molar-refractivity contribution < 1.29 is 27.1 Å². The Morgan fingerprint density at radius 1 is 1.31 bits per heavy atom. The number of sulfone groups is 1. The molecule has 0 atom stereocenters. The van der Waals surface area contributed by atoms with Gasteiger partial charge in [-0.15, -0.1) is 11.3 Å². The molecule has 1 aliphatic heterocycles. The number of fused-ring (bicyclic) bond motifs is 4. The highest BCUT2D eigenvalue weighted by molar-refractivity contribution is 7.91. The Morgan fingerprint density at radius 3 is 2.69 bits per heavy atom. The number of rotatable bonds is 4. The summed E-state index contributed by atoms with van der Waals surface area (Å²) < 4.78 is 51.2. The van der Waals surface area contributed by atoms with E-state index in [1.807, 2.05) is 0 Å². The van der Waals surface area contributed by atoms with E-state index in [1.165, 1.54) is 25.3 Å². The second kappa shape index (κ2) is 9.67. The summed E-state index contributed by atoms with van der Waals surface area (Å²) in [5.74, 6) is -0.778. The molecule has 39 heavy (non-hydrogen) atoms. The zero-order chi connectivity index (χ0) is 28.3. The highest BCUT2D eigenvalue weighted by atomic mass is 35.5. The van der Waals surface area contributed by atoms with E-state index in [-0.39, 0.29) is 55.3 Å². The van der Waals surface area contributed by atoms with Crippen molar-refractivity contribution >= 4 is 64.9 Å². The number of amides is 1. The molecule has 13 heteroatoms. The first-order valence-corrected chi connectivity index (χ1v) is 14.7. The third-order valence-corrected chi connectivity index (χ3v) is 9.12. The standard InChI is InChI=1S/C26H22ClFN4O5S2/c1-5-39(34,35)24-30-9-14-15-10-36-11-16(15)18(20(27)21(14)31-24)12-6-7-17(28)22-19(12)13(8-29)23(38-22)32-25(33)37-26(2,3)4/h6-7,9H,5,10-11H2,1-4H3,(H,32,33). The number of ether oxygens (including phenoxy) is 2. The molecule has 1 amide bonds. The number of hydrogen-bond donors (Lipinski definition) is 1. The normalized spacial score (nSPS) is 13.5. The van der Waals surface area contributed by atoms with Gasteiger partial charge in [0, 0.05) is 22.5 Å². The van der Waals surface area contributed by atoms with Crippen LogP contribution in [0.3, 0.4) is 0 Å². The molecule has 9 nitrogen and oxygen atoms in total. The van der Waals surface area contributed by atoms with Crippen molar-refractivity contribution in [3.05, 3.63) is 45.9 Å². The van der Waals surface area contributed by atoms with Crippen LogP contribution in [-0.4, -0.2) is 35.8 Å². The summed E-state index contributed by atoms with van der Waals surface area (Å²) in [6, 6.07) is 4.83. The van der Waals surface area contributed by atoms with E-state index < -0.39 is 27.3 Å². The predicted molar refractivity (Wildman–Crippen MR) is 146 cm³/mol. The highest BCUT2D eigenvalue weighted by Gasteiger charge is 2.30. The molecule has 0 bridgehead atoms. The molecule has 202 valence electrons. The lowest BCUT2D eigenvalue weighted by Crippen LogP contribution is -2.27. The molecule has 2 aromatic heterocycles. The molecular weight excluding hydrogens is 567 g/mol. The summed E-state index contributed by atoms with van der Waals surface area (Å²) in [4.78, 5) is 20.8. The minimum atomic E-state index is -3.73. The van der Waals surface area contributed by atoms with Crippen molar-refractivity contribution in [3.63, 3.8) is 0 Å². The van der Waals surface area contributed by atoms with Gasteiger partial charge in [0.1, 0.15) is 22.5 Å². The van der Waals surface area contributed by atoms with E-state index in [9.17, 15) is 18.5 Å². The van der Waals surface area contributed by atoms with E-state index in [4.69, 9.17) is 21.1 Å². The quantitative estimate of drug-likeness (QED) is 0.273. The molecule has 1 N–H and O–H groups in total. The van der Waals surface area contributed by atoms with Gasteiger partial charge in [-0.05, 0) is 43.5 Å². The first kappa shape index (κ1) is 27.2. The zero-order valence-electron chi connectivity index (χ0n) is 21.3. The number of halogens is 2. The van der Waals surface area contributed by atoms with Crippen molar-refractivity contribution in [3.8, 4) is 17.2 Å². The van der Waals surface area contributed by atoms with Gasteiger partial charge < -0.3 is 9.47 Å². The highest BCUT2D eigenvalue weighted by Crippen LogP contribution is 2.48. The van der Waals surface area contributed by atoms with Crippen LogP contribution in [0.5, 0.6) is 0 Å². The van der Waals surface area contributed by atoms with Gasteiger partial charge in [0.05, 0.1) is 39.8 Å². The summed E-state index contributed by atoms with van der Waals surface area (Å²) in [6.45, 7) is 6.99. The van der Waals surface area contributed by atoms with Gasteiger partial charge >= 0.3 is 6.09 Å². The van der Waals surface area contributed by atoms with Crippen molar-refractivity contribution in [1.82, 2.24) is 9.97 Å². The predicted octanol–water partition coefficient (Wildman–Crippen LogP) is 6.35. The molecular formula is C26H22ClFN4O5S2. The Bertz CT molecular complexity index is 1840. The Balaban J connectivity index is 1.80. The van der Waals surface area contributed by atoms with Gasteiger partial charge in [-0.1, -0.05) is 24.6 Å². The van der Waals surface area contributed by atoms with E-state index in [0.717, 1.165) is 16.9 Å². The average molecular weight is 589 g/mol. The number of carbonyl (C=O) groups excluding carboxylic acids is 1. The second-order valence-electron chi connectivity index (χ2n) is 9.80. The Morgan fingerprint density at radius 2 is 2.03 bits per heavy atom. The van der Waals surface area contributed by atoms with Crippen LogP contribution < -0.4 is 5.32 Å². The number of nitrogens with zero attached hydrogens (tertiary/aromatic N) is 3. The Hall–Kier alpha value is -3.37. The third kappa shape index (κ3) is 4.69. The smallest absolute Gasteiger partial charge is 0.412 e. The molecule has 5 rings (SSSR count). The maximum atomic E-state index is 15.1. The molecule has 0 saturated heterocycles. The molecule has 4 aromatic rings. The van der Waals surface area contributed by atoms with Crippen molar-refractivity contribution in [1.29, 1.82) is 5.26 Å². The Labute approximate surface area is 232 Å². The van der Waals surface area contributed by atoms with Gasteiger partial charge in [-0.3, -0.25) is 5.32 Å². The molecule has 0 spiro atoms. The molecule has 2 aromatic carbocycles. The molecule has 1 aliphatic rings. The summed E-state index contributed by atoms with van der Waals surface area (Å²) >= 11 is 7.82. The minimum Gasteiger partial charge on any atom is -0.444 e. The maximum Gasteiger partial charge on any atom is 0.412 e. The van der Waals surface area contributed by atoms with Crippen LogP contribution in [0.4, 0.5) is 14.2 Å². The number of aromatic nitrogens is 2. The Kier molecular flexibility index (Phi) is 6.75. The summed E-state index contributed by atoms with van der Waals surface area (Å²) in [5, 5.41) is 13.3. The number of nitrogens with one attached hydrogen (secondary N) is 1. The van der Waals surface area contributed by atoms with Crippen molar-refractivity contribution in [2.45, 2.75) is 51.7 Å². The molecule has 0 fully saturated rings. The van der Waals surface area contributed by atoms with Crippen LogP contribution in [-0.2, 0) is 32.5 Å². The lowest BCUT2D eigenvalue weighted by molar-refractivity contribution is 0.0636. The fraction of sp³-hybridized carbons (Fsp3) is 0.308. The fourth-order valence-electron chi connectivity index (χ4n) is 4.43. The van der Waals surface area contributed by atoms with Crippen LogP contribution in [0, 0.1) is 17.1 Å². The second-order valence-corrected chi connectivity index (χ2v) is 13.4. The third-order valence-electron chi connectivity index (χ3n) is 6.12. The minimum absolute atomic E-state index is 0.0381. The van der Waals surface area contributed by atoms with Gasteiger partial charge in [-0.25, -0.2) is 27.6 Å². The molecule has 0 saturated carbocycles. The van der Waals surface area contributed by atoms with E-state index in [0.29, 0.717) is 22.1 Å². The number of nitriles is 1. The zero-order valence-corrected chi connectivity index (χ0v) is 23.7. The van der Waals surface area contributed by atoms with Crippen LogP contribution in [0.15, 0.2) is 23.5 Å². The van der Waals surface area contributed by atoms with Crippen LogP contribution in [0.2, 0.25) is 5.02 Å². The van der Waals surface area contributed by atoms with Gasteiger partial charge in [-0.2, -0.15) is 5.26 Å².